The molecule has 2 aliphatic rings. The Labute approximate surface area is 167 Å². The molecule has 1 saturated heterocycles. The van der Waals surface area contributed by atoms with Gasteiger partial charge in [-0.2, -0.15) is 10.2 Å². The number of rotatable bonds is 6. The maximum atomic E-state index is 13.8. The molecule has 2 fully saturated rings. The van der Waals surface area contributed by atoms with Crippen molar-refractivity contribution in [1.82, 2.24) is 24.7 Å². The smallest absolute Gasteiger partial charge is 0.228 e. The first-order chi connectivity index (χ1) is 14.1. The first kappa shape index (κ1) is 18.3. The van der Waals surface area contributed by atoms with Gasteiger partial charge in [0.1, 0.15) is 12.3 Å². The van der Waals surface area contributed by atoms with E-state index in [0.29, 0.717) is 25.5 Å². The fourth-order valence-corrected chi connectivity index (χ4v) is 3.72. The maximum Gasteiger partial charge on any atom is 0.228 e. The van der Waals surface area contributed by atoms with E-state index in [9.17, 15) is 9.18 Å². The predicted octanol–water partition coefficient (Wildman–Crippen LogP) is 1.91. The van der Waals surface area contributed by atoms with Crippen molar-refractivity contribution in [3.8, 4) is 11.3 Å². The first-order valence-electron chi connectivity index (χ1n) is 9.86. The van der Waals surface area contributed by atoms with Crippen molar-refractivity contribution in [2.24, 2.45) is 13.0 Å². The molecule has 0 unspecified atom stereocenters. The number of alkyl halides is 1. The van der Waals surface area contributed by atoms with Crippen LogP contribution in [0.4, 0.5) is 10.2 Å². The quantitative estimate of drug-likeness (QED) is 0.663. The summed E-state index contributed by atoms with van der Waals surface area (Å²) in [5.74, 6) is 0.717. The highest BCUT2D eigenvalue weighted by Crippen LogP contribution is 2.30. The van der Waals surface area contributed by atoms with Gasteiger partial charge in [-0.25, -0.2) is 8.91 Å². The number of ether oxygens (including phenoxy) is 1. The summed E-state index contributed by atoms with van der Waals surface area (Å²) in [5, 5.41) is 14.6. The van der Waals surface area contributed by atoms with E-state index in [-0.39, 0.29) is 11.8 Å². The van der Waals surface area contributed by atoms with Gasteiger partial charge in [0.15, 0.2) is 5.82 Å². The molecule has 2 N–H and O–H groups in total. The molecular formula is C20H23FN6O2. The molecule has 0 bridgehead atoms. The van der Waals surface area contributed by atoms with Gasteiger partial charge in [-0.1, -0.05) is 0 Å². The number of halogens is 1. The van der Waals surface area contributed by atoms with E-state index < -0.39 is 12.3 Å². The van der Waals surface area contributed by atoms with E-state index in [1.54, 1.807) is 15.4 Å². The van der Waals surface area contributed by atoms with E-state index in [1.807, 2.05) is 31.4 Å². The summed E-state index contributed by atoms with van der Waals surface area (Å²) in [4.78, 5) is 12.0. The van der Waals surface area contributed by atoms with Gasteiger partial charge < -0.3 is 15.4 Å². The van der Waals surface area contributed by atoms with Crippen LogP contribution in [0.15, 0.2) is 30.6 Å². The summed E-state index contributed by atoms with van der Waals surface area (Å²) >= 11 is 0. The van der Waals surface area contributed by atoms with E-state index >= 15 is 0 Å². The fourth-order valence-electron chi connectivity index (χ4n) is 3.72. The number of nitrogens with one attached hydrogen (secondary N) is 2. The Balaban J connectivity index is 1.38. The molecule has 1 aliphatic heterocycles. The van der Waals surface area contributed by atoms with Gasteiger partial charge in [-0.05, 0) is 25.0 Å². The molecule has 1 saturated carbocycles. The first-order valence-corrected chi connectivity index (χ1v) is 9.86. The van der Waals surface area contributed by atoms with Crippen LogP contribution in [0, 0.1) is 5.92 Å². The Kier molecular flexibility index (Phi) is 4.56. The number of carbonyl (C=O) groups excluding carboxylic acids is 1. The van der Waals surface area contributed by atoms with E-state index in [0.717, 1.165) is 35.2 Å². The standard InChI is InChI=1S/C20H23FN6O2/c1-26-19(14(8-23-26)11-29-17-10-22-9-16(17)21)13-4-5-27-15(6-13)7-18(25-27)24-20(28)12-2-3-12/h4-8,12,16-17,22H,2-3,9-11H2,1H3,(H,24,25,28)/t16-,17+/m0/s1. The largest absolute Gasteiger partial charge is 0.369 e. The minimum absolute atomic E-state index is 0.0345. The van der Waals surface area contributed by atoms with Gasteiger partial charge in [0.2, 0.25) is 5.91 Å². The molecule has 0 aromatic carbocycles. The number of hydrogen-bond donors (Lipinski definition) is 2. The second-order valence-corrected chi connectivity index (χ2v) is 7.74. The van der Waals surface area contributed by atoms with E-state index in [2.05, 4.69) is 20.8 Å². The third kappa shape index (κ3) is 3.63. The number of hydrogen-bond acceptors (Lipinski definition) is 5. The molecule has 29 heavy (non-hydrogen) atoms. The number of pyridine rings is 1. The summed E-state index contributed by atoms with van der Waals surface area (Å²) in [5.41, 5.74) is 3.64. The molecule has 152 valence electrons. The molecule has 2 atom stereocenters. The van der Waals surface area contributed by atoms with Crippen LogP contribution in [0.25, 0.3) is 16.8 Å². The summed E-state index contributed by atoms with van der Waals surface area (Å²) in [6.45, 7) is 1.15. The number of fused-ring (bicyclic) bond motifs is 1. The monoisotopic (exact) mass is 398 g/mol. The predicted molar refractivity (Wildman–Crippen MR) is 105 cm³/mol. The van der Waals surface area contributed by atoms with Gasteiger partial charge in [-0.15, -0.1) is 0 Å². The zero-order chi connectivity index (χ0) is 20.0. The molecule has 0 spiro atoms. The summed E-state index contributed by atoms with van der Waals surface area (Å²) in [7, 11) is 1.87. The Morgan fingerprint density at radius 1 is 1.38 bits per heavy atom. The Hall–Kier alpha value is -2.78. The number of anilines is 1. The molecule has 1 aliphatic carbocycles. The van der Waals surface area contributed by atoms with Crippen molar-refractivity contribution in [3.05, 3.63) is 36.2 Å². The zero-order valence-electron chi connectivity index (χ0n) is 16.1. The zero-order valence-corrected chi connectivity index (χ0v) is 16.1. The summed E-state index contributed by atoms with van der Waals surface area (Å²) in [6, 6.07) is 5.80. The second-order valence-electron chi connectivity index (χ2n) is 7.74. The van der Waals surface area contributed by atoms with Crippen LogP contribution in [0.2, 0.25) is 0 Å². The van der Waals surface area contributed by atoms with Crippen molar-refractivity contribution in [1.29, 1.82) is 0 Å². The Morgan fingerprint density at radius 2 is 2.24 bits per heavy atom. The third-order valence-corrected chi connectivity index (χ3v) is 5.49. The molecule has 4 heterocycles. The molecule has 3 aromatic heterocycles. The number of carbonyl (C=O) groups is 1. The summed E-state index contributed by atoms with van der Waals surface area (Å²) in [6.07, 6.45) is 4.10. The lowest BCUT2D eigenvalue weighted by Crippen LogP contribution is -2.23. The van der Waals surface area contributed by atoms with Crippen LogP contribution in [-0.4, -0.2) is 50.7 Å². The molecule has 0 radical (unpaired) electrons. The van der Waals surface area contributed by atoms with Gasteiger partial charge >= 0.3 is 0 Å². The fraction of sp³-hybridized carbons (Fsp3) is 0.450. The number of aryl methyl sites for hydroxylation is 1. The van der Waals surface area contributed by atoms with Crippen LogP contribution >= 0.6 is 0 Å². The highest BCUT2D eigenvalue weighted by molar-refractivity contribution is 5.93. The average molecular weight is 398 g/mol. The molecule has 3 aromatic rings. The van der Waals surface area contributed by atoms with E-state index in [4.69, 9.17) is 4.74 Å². The van der Waals surface area contributed by atoms with Gasteiger partial charge in [-0.3, -0.25) is 9.48 Å². The summed E-state index contributed by atoms with van der Waals surface area (Å²) < 4.78 is 23.1. The van der Waals surface area contributed by atoms with Crippen LogP contribution in [0.3, 0.4) is 0 Å². The third-order valence-electron chi connectivity index (χ3n) is 5.49. The van der Waals surface area contributed by atoms with Crippen LogP contribution < -0.4 is 10.6 Å². The SMILES string of the molecule is Cn1ncc(CO[C@@H]2CNC[C@@H]2F)c1-c1ccn2nc(NC(=O)C3CC3)cc2c1. The second kappa shape index (κ2) is 7.23. The van der Waals surface area contributed by atoms with Crippen molar-refractivity contribution in [2.45, 2.75) is 31.7 Å². The highest BCUT2D eigenvalue weighted by Gasteiger charge is 2.30. The van der Waals surface area contributed by atoms with Crippen LogP contribution in [-0.2, 0) is 23.2 Å². The van der Waals surface area contributed by atoms with Crippen molar-refractivity contribution in [2.75, 3.05) is 18.4 Å². The van der Waals surface area contributed by atoms with Gasteiger partial charge in [0.25, 0.3) is 0 Å². The highest BCUT2D eigenvalue weighted by atomic mass is 19.1. The Morgan fingerprint density at radius 3 is 3.00 bits per heavy atom. The van der Waals surface area contributed by atoms with Crippen molar-refractivity contribution >= 4 is 17.2 Å². The lowest BCUT2D eigenvalue weighted by Gasteiger charge is -2.13. The van der Waals surface area contributed by atoms with Gasteiger partial charge in [0.05, 0.1) is 24.0 Å². The molecular weight excluding hydrogens is 375 g/mol. The van der Waals surface area contributed by atoms with Gasteiger partial charge in [0, 0.05) is 49.4 Å². The number of amides is 1. The molecule has 9 heteroatoms. The van der Waals surface area contributed by atoms with Crippen LogP contribution in [0.1, 0.15) is 18.4 Å². The molecule has 5 rings (SSSR count). The number of nitrogens with zero attached hydrogens (tertiary/aromatic N) is 4. The number of aromatic nitrogens is 4. The van der Waals surface area contributed by atoms with Crippen molar-refractivity contribution < 1.29 is 13.9 Å². The lowest BCUT2D eigenvalue weighted by molar-refractivity contribution is -0.117. The average Bonchev–Trinajstić information content (AvgIpc) is 3.21. The Bertz CT molecular complexity index is 1060. The minimum Gasteiger partial charge on any atom is -0.369 e. The van der Waals surface area contributed by atoms with Crippen LogP contribution in [0.5, 0.6) is 0 Å². The minimum atomic E-state index is -0.984. The van der Waals surface area contributed by atoms with Crippen molar-refractivity contribution in [3.63, 3.8) is 0 Å². The van der Waals surface area contributed by atoms with E-state index in [1.165, 1.54) is 0 Å². The lowest BCUT2D eigenvalue weighted by atomic mass is 10.1. The molecule has 1 amide bonds. The molecule has 8 nitrogen and oxygen atoms in total. The normalized spacial score (nSPS) is 21.7. The maximum absolute atomic E-state index is 13.8. The topological polar surface area (TPSA) is 85.5 Å².